The number of aromatic nitrogens is 2. The first-order valence-corrected chi connectivity index (χ1v) is 22.3. The van der Waals surface area contributed by atoms with Gasteiger partial charge in [0.2, 0.25) is 0 Å². The van der Waals surface area contributed by atoms with Crippen molar-refractivity contribution in [1.29, 1.82) is 0 Å². The average molecular weight is 850 g/mol. The molecule has 4 aromatic rings. The summed E-state index contributed by atoms with van der Waals surface area (Å²) in [5.74, 6) is -1.57. The Morgan fingerprint density at radius 2 is 1.56 bits per heavy atom. The fourth-order valence-corrected chi connectivity index (χ4v) is 10.3. The summed E-state index contributed by atoms with van der Waals surface area (Å²) in [5, 5.41) is -0.120. The standard InChI is InChI=1S/C44H56ClF3N2O5S2/c1-10-29(28(2)3)13-11-12-14-33(21-22-43(4,5)41(51)55-9)57(52,53)34-24-37(47)35(38(48)25-34)27-56-42-49-26-40(50(42)32-18-16-31(46)17-19-32)44(6,7)30-15-20-36(45)39(23-30)54-8/h15-20,23-26,28-29,33H,10-14,21-22,27H2,1-9H3. The third-order valence-electron chi connectivity index (χ3n) is 11.2. The molecule has 0 N–H and O–H groups in total. The van der Waals surface area contributed by atoms with E-state index < -0.39 is 54.2 Å². The van der Waals surface area contributed by atoms with Crippen LogP contribution in [-0.2, 0) is 30.5 Å². The van der Waals surface area contributed by atoms with E-state index >= 15 is 8.78 Å². The molecule has 0 fully saturated rings. The molecule has 2 atom stereocenters. The van der Waals surface area contributed by atoms with Gasteiger partial charge in [-0.25, -0.2) is 26.6 Å². The molecule has 57 heavy (non-hydrogen) atoms. The number of rotatable bonds is 20. The molecule has 0 saturated heterocycles. The highest BCUT2D eigenvalue weighted by Crippen LogP contribution is 2.40. The maximum absolute atomic E-state index is 16.0. The second-order valence-electron chi connectivity index (χ2n) is 16.1. The van der Waals surface area contributed by atoms with Crippen molar-refractivity contribution in [3.63, 3.8) is 0 Å². The van der Waals surface area contributed by atoms with Crippen LogP contribution in [0.3, 0.4) is 0 Å². The fraction of sp³-hybridized carbons (Fsp3) is 0.500. The molecule has 7 nitrogen and oxygen atoms in total. The van der Waals surface area contributed by atoms with Gasteiger partial charge in [-0.2, -0.15) is 0 Å². The highest BCUT2D eigenvalue weighted by molar-refractivity contribution is 7.98. The van der Waals surface area contributed by atoms with E-state index in [1.807, 2.05) is 30.5 Å². The van der Waals surface area contributed by atoms with Gasteiger partial charge >= 0.3 is 5.97 Å². The molecular formula is C44H56ClF3N2O5S2. The van der Waals surface area contributed by atoms with Gasteiger partial charge in [-0.1, -0.05) is 89.7 Å². The van der Waals surface area contributed by atoms with Crippen molar-refractivity contribution in [2.24, 2.45) is 17.3 Å². The van der Waals surface area contributed by atoms with Crippen LogP contribution in [0.25, 0.3) is 5.69 Å². The molecule has 0 aliphatic heterocycles. The van der Waals surface area contributed by atoms with Crippen LogP contribution < -0.4 is 4.74 Å². The Labute approximate surface area is 346 Å². The van der Waals surface area contributed by atoms with Crippen molar-refractivity contribution >= 4 is 39.2 Å². The van der Waals surface area contributed by atoms with Gasteiger partial charge in [0.1, 0.15) is 23.2 Å². The van der Waals surface area contributed by atoms with E-state index in [1.54, 1.807) is 38.2 Å². The molecular weight excluding hydrogens is 793 g/mol. The van der Waals surface area contributed by atoms with Gasteiger partial charge in [-0.05, 0) is 99.0 Å². The Bertz CT molecular complexity index is 2080. The summed E-state index contributed by atoms with van der Waals surface area (Å²) in [6, 6.07) is 13.1. The van der Waals surface area contributed by atoms with E-state index in [4.69, 9.17) is 21.1 Å². The van der Waals surface area contributed by atoms with Gasteiger partial charge in [0.25, 0.3) is 0 Å². The summed E-state index contributed by atoms with van der Waals surface area (Å²) in [6.45, 7) is 13.9. The largest absolute Gasteiger partial charge is 0.495 e. The van der Waals surface area contributed by atoms with Crippen LogP contribution in [0.4, 0.5) is 13.2 Å². The maximum atomic E-state index is 16.0. The first kappa shape index (κ1) is 46.2. The zero-order valence-corrected chi connectivity index (χ0v) is 36.8. The number of halogens is 4. The molecule has 3 aromatic carbocycles. The minimum Gasteiger partial charge on any atom is -0.495 e. The SMILES string of the molecule is CCC(CCCCC(CCC(C)(C)C(=O)OC)S(=O)(=O)c1cc(F)c(CSc2ncc(C(C)(C)c3ccc(Cl)c(OC)c3)n2-c2ccc(F)cc2)c(F)c1)C(C)C. The van der Waals surface area contributed by atoms with E-state index in [0.717, 1.165) is 48.7 Å². The average Bonchev–Trinajstić information content (AvgIpc) is 3.60. The topological polar surface area (TPSA) is 87.5 Å². The molecule has 312 valence electrons. The van der Waals surface area contributed by atoms with Gasteiger partial charge < -0.3 is 9.47 Å². The monoisotopic (exact) mass is 848 g/mol. The first-order chi connectivity index (χ1) is 26.8. The molecule has 0 radical (unpaired) electrons. The molecule has 1 aromatic heterocycles. The van der Waals surface area contributed by atoms with Gasteiger partial charge in [0, 0.05) is 22.4 Å². The number of unbranched alkanes of at least 4 members (excludes halogenated alkanes) is 1. The van der Waals surface area contributed by atoms with Crippen LogP contribution in [-0.4, -0.2) is 43.4 Å². The normalized spacial score (nSPS) is 13.5. The van der Waals surface area contributed by atoms with Crippen LogP contribution in [0.2, 0.25) is 5.02 Å². The predicted molar refractivity (Wildman–Crippen MR) is 223 cm³/mol. The van der Waals surface area contributed by atoms with E-state index in [0.29, 0.717) is 52.0 Å². The Balaban J connectivity index is 1.65. The van der Waals surface area contributed by atoms with E-state index in [-0.39, 0.29) is 24.2 Å². The quantitative estimate of drug-likeness (QED) is 0.0497. The van der Waals surface area contributed by atoms with Gasteiger partial charge in [-0.3, -0.25) is 9.36 Å². The summed E-state index contributed by atoms with van der Waals surface area (Å²) in [5.41, 5.74) is 0.197. The van der Waals surface area contributed by atoms with Crippen LogP contribution in [0.5, 0.6) is 5.75 Å². The third-order valence-corrected chi connectivity index (χ3v) is 14.7. The number of hydrogen-bond acceptors (Lipinski definition) is 7. The van der Waals surface area contributed by atoms with Crippen LogP contribution in [0, 0.1) is 34.7 Å². The maximum Gasteiger partial charge on any atom is 0.311 e. The lowest BCUT2D eigenvalue weighted by atomic mass is 9.81. The van der Waals surface area contributed by atoms with Gasteiger partial charge in [-0.15, -0.1) is 0 Å². The lowest BCUT2D eigenvalue weighted by Crippen LogP contribution is -2.29. The second-order valence-corrected chi connectivity index (χ2v) is 19.7. The first-order valence-electron chi connectivity index (χ1n) is 19.4. The van der Waals surface area contributed by atoms with Gasteiger partial charge in [0.15, 0.2) is 15.0 Å². The molecule has 0 amide bonds. The highest BCUT2D eigenvalue weighted by atomic mass is 35.5. The number of benzene rings is 3. The second kappa shape index (κ2) is 19.5. The number of sulfone groups is 1. The summed E-state index contributed by atoms with van der Waals surface area (Å²) in [6.07, 6.45) is 5.74. The zero-order valence-electron chi connectivity index (χ0n) is 34.4. The number of carbonyl (C=O) groups excluding carboxylic acids is 1. The van der Waals surface area contributed by atoms with Gasteiger partial charge in [0.05, 0.1) is 46.7 Å². The smallest absolute Gasteiger partial charge is 0.311 e. The van der Waals surface area contributed by atoms with Crippen LogP contribution in [0.15, 0.2) is 70.8 Å². The molecule has 0 saturated carbocycles. The van der Waals surface area contributed by atoms with Crippen LogP contribution in [0.1, 0.15) is 110 Å². The number of hydrogen-bond donors (Lipinski definition) is 0. The Morgan fingerprint density at radius 3 is 2.14 bits per heavy atom. The molecule has 0 bridgehead atoms. The number of esters is 1. The summed E-state index contributed by atoms with van der Waals surface area (Å²) in [7, 11) is -1.39. The van der Waals surface area contributed by atoms with E-state index in [9.17, 15) is 17.6 Å². The number of thioether (sulfide) groups is 1. The number of imidazole rings is 1. The van der Waals surface area contributed by atoms with E-state index in [1.165, 1.54) is 26.4 Å². The minimum atomic E-state index is -4.20. The molecule has 1 heterocycles. The zero-order chi connectivity index (χ0) is 42.3. The Kier molecular flexibility index (Phi) is 15.8. The summed E-state index contributed by atoms with van der Waals surface area (Å²) >= 11 is 7.38. The number of ether oxygens (including phenoxy) is 2. The molecule has 4 rings (SSSR count). The van der Waals surface area contributed by atoms with Crippen molar-refractivity contribution in [3.05, 3.63) is 100 Å². The van der Waals surface area contributed by atoms with Crippen molar-refractivity contribution in [3.8, 4) is 11.4 Å². The predicted octanol–water partition coefficient (Wildman–Crippen LogP) is 11.9. The summed E-state index contributed by atoms with van der Waals surface area (Å²) in [4.78, 5) is 16.7. The van der Waals surface area contributed by atoms with Crippen molar-refractivity contribution in [1.82, 2.24) is 9.55 Å². The van der Waals surface area contributed by atoms with E-state index in [2.05, 4.69) is 25.8 Å². The Morgan fingerprint density at radius 1 is 0.930 bits per heavy atom. The molecule has 0 spiro atoms. The number of nitrogens with zero attached hydrogens (tertiary/aromatic N) is 2. The summed E-state index contributed by atoms with van der Waals surface area (Å²) < 4.78 is 86.5. The van der Waals surface area contributed by atoms with Crippen molar-refractivity contribution in [2.45, 2.75) is 120 Å². The lowest BCUT2D eigenvalue weighted by Gasteiger charge is -2.28. The highest BCUT2D eigenvalue weighted by Gasteiger charge is 2.35. The molecule has 0 aliphatic rings. The molecule has 13 heteroatoms. The third kappa shape index (κ3) is 11.0. The molecule has 0 aliphatic carbocycles. The number of carbonyl (C=O) groups is 1. The molecule has 2 unspecified atom stereocenters. The van der Waals surface area contributed by atoms with Crippen molar-refractivity contribution in [2.75, 3.05) is 14.2 Å². The number of methoxy groups -OCH3 is 2. The fourth-order valence-electron chi connectivity index (χ4n) is 7.27. The van der Waals surface area contributed by atoms with Crippen LogP contribution >= 0.6 is 23.4 Å². The van der Waals surface area contributed by atoms with Crippen molar-refractivity contribution < 1.29 is 35.9 Å². The Hall–Kier alpha value is -3.48. The minimum absolute atomic E-state index is 0.125. The lowest BCUT2D eigenvalue weighted by molar-refractivity contribution is -0.151.